The van der Waals surface area contributed by atoms with Gasteiger partial charge in [-0.05, 0) is 30.9 Å². The smallest absolute Gasteiger partial charge is 0.329 e. The topological polar surface area (TPSA) is 120 Å². The van der Waals surface area contributed by atoms with Crippen molar-refractivity contribution in [2.75, 3.05) is 11.9 Å². The molecule has 3 N–H and O–H groups in total. The second-order valence-electron chi connectivity index (χ2n) is 7.60. The first-order chi connectivity index (χ1) is 13.8. The molecule has 0 radical (unpaired) electrons. The lowest BCUT2D eigenvalue weighted by molar-refractivity contribution is -0.151. The largest absolute Gasteiger partial charge is 0.454 e. The van der Waals surface area contributed by atoms with Gasteiger partial charge in [0, 0.05) is 5.69 Å². The number of amides is 3. The number of carbonyl (C=O) groups excluding carboxylic acids is 3. The number of anilines is 1. The molecule has 0 aliphatic heterocycles. The summed E-state index contributed by atoms with van der Waals surface area (Å²) >= 11 is 0. The van der Waals surface area contributed by atoms with Gasteiger partial charge in [-0.1, -0.05) is 51.3 Å². The lowest BCUT2D eigenvalue weighted by atomic mass is 9.83. The van der Waals surface area contributed by atoms with Crippen LogP contribution in [0.3, 0.4) is 0 Å². The van der Waals surface area contributed by atoms with Gasteiger partial charge in [-0.3, -0.25) is 4.79 Å². The Kier molecular flexibility index (Phi) is 8.01. The van der Waals surface area contributed by atoms with E-state index in [2.05, 4.69) is 22.0 Å². The van der Waals surface area contributed by atoms with Gasteiger partial charge in [0.1, 0.15) is 11.6 Å². The van der Waals surface area contributed by atoms with E-state index >= 15 is 0 Å². The minimum Gasteiger partial charge on any atom is -0.454 e. The first-order valence-electron chi connectivity index (χ1n) is 9.87. The molecule has 0 unspecified atom stereocenters. The van der Waals surface area contributed by atoms with Gasteiger partial charge in [0.25, 0.3) is 5.91 Å². The second-order valence-corrected chi connectivity index (χ2v) is 7.60. The van der Waals surface area contributed by atoms with E-state index < -0.39 is 36.1 Å². The summed E-state index contributed by atoms with van der Waals surface area (Å²) in [5.41, 5.74) is -0.290. The maximum atomic E-state index is 12.4. The van der Waals surface area contributed by atoms with Crippen molar-refractivity contribution >= 4 is 23.6 Å². The number of nitrogens with one attached hydrogen (secondary N) is 3. The number of hydrogen-bond donors (Lipinski definition) is 3. The number of nitrogens with zero attached hydrogens (tertiary/aromatic N) is 1. The Morgan fingerprint density at radius 2 is 1.79 bits per heavy atom. The molecular weight excluding hydrogens is 372 g/mol. The highest BCUT2D eigenvalue weighted by Crippen LogP contribution is 2.27. The van der Waals surface area contributed by atoms with Crippen molar-refractivity contribution in [1.82, 2.24) is 10.6 Å². The quantitative estimate of drug-likeness (QED) is 0.608. The van der Waals surface area contributed by atoms with Crippen molar-refractivity contribution in [3.05, 3.63) is 30.3 Å². The molecule has 3 amide bonds. The third-order valence-corrected chi connectivity index (χ3v) is 4.88. The van der Waals surface area contributed by atoms with Crippen LogP contribution in [-0.4, -0.2) is 36.1 Å². The zero-order valence-corrected chi connectivity index (χ0v) is 16.9. The van der Waals surface area contributed by atoms with Crippen LogP contribution in [0.1, 0.15) is 46.0 Å². The van der Waals surface area contributed by atoms with Crippen molar-refractivity contribution in [2.45, 2.75) is 57.5 Å². The van der Waals surface area contributed by atoms with E-state index in [-0.39, 0.29) is 5.92 Å². The molecule has 1 saturated carbocycles. The minimum atomic E-state index is -0.911. The second kappa shape index (κ2) is 10.5. The Balaban J connectivity index is 1.86. The number of ether oxygens (including phenoxy) is 1. The maximum absolute atomic E-state index is 12.4. The van der Waals surface area contributed by atoms with Crippen LogP contribution in [0.2, 0.25) is 0 Å². The number of para-hydroxylation sites is 1. The molecule has 0 saturated heterocycles. The van der Waals surface area contributed by atoms with Crippen LogP contribution < -0.4 is 16.0 Å². The number of benzene rings is 1. The molecule has 2 rings (SSSR count). The van der Waals surface area contributed by atoms with Crippen molar-refractivity contribution in [3.63, 3.8) is 0 Å². The molecule has 0 aromatic heterocycles. The highest BCUT2D eigenvalue weighted by molar-refractivity contribution is 5.93. The Bertz CT molecular complexity index is 752. The van der Waals surface area contributed by atoms with Crippen LogP contribution in [0.15, 0.2) is 30.3 Å². The first-order valence-corrected chi connectivity index (χ1v) is 9.87. The molecule has 29 heavy (non-hydrogen) atoms. The molecule has 0 bridgehead atoms. The highest BCUT2D eigenvalue weighted by Gasteiger charge is 2.34. The fraction of sp³-hybridized carbons (Fsp3) is 0.524. The Morgan fingerprint density at radius 1 is 1.14 bits per heavy atom. The molecule has 0 spiro atoms. The van der Waals surface area contributed by atoms with E-state index in [1.54, 1.807) is 38.1 Å². The van der Waals surface area contributed by atoms with E-state index in [4.69, 9.17) is 4.74 Å². The molecular formula is C21H28N4O4. The van der Waals surface area contributed by atoms with Gasteiger partial charge >= 0.3 is 12.0 Å². The third-order valence-electron chi connectivity index (χ3n) is 4.88. The molecule has 8 nitrogen and oxygen atoms in total. The van der Waals surface area contributed by atoms with Crippen LogP contribution in [0, 0.1) is 17.2 Å². The molecule has 156 valence electrons. The SMILES string of the molecule is CC(C)[C@H](NC(=O)Nc1ccccc1)C(=O)OCC(=O)NC1(C#N)CCCCC1. The number of carbonyl (C=O) groups is 3. The van der Waals surface area contributed by atoms with Crippen molar-refractivity contribution < 1.29 is 19.1 Å². The van der Waals surface area contributed by atoms with E-state index in [0.717, 1.165) is 19.3 Å². The van der Waals surface area contributed by atoms with Crippen LogP contribution in [0.4, 0.5) is 10.5 Å². The summed E-state index contributed by atoms with van der Waals surface area (Å²) in [5.74, 6) is -1.46. The Labute approximate surface area is 171 Å². The molecule has 8 heteroatoms. The van der Waals surface area contributed by atoms with E-state index in [1.165, 1.54) is 0 Å². The summed E-state index contributed by atoms with van der Waals surface area (Å²) < 4.78 is 5.11. The van der Waals surface area contributed by atoms with Crippen LogP contribution in [0.5, 0.6) is 0 Å². The van der Waals surface area contributed by atoms with Gasteiger partial charge in [0.2, 0.25) is 0 Å². The normalized spacial score (nSPS) is 16.2. The van der Waals surface area contributed by atoms with Crippen LogP contribution in [-0.2, 0) is 14.3 Å². The highest BCUT2D eigenvalue weighted by atomic mass is 16.5. The number of nitriles is 1. The summed E-state index contributed by atoms with van der Waals surface area (Å²) in [4.78, 5) is 36.8. The predicted molar refractivity (Wildman–Crippen MR) is 108 cm³/mol. The molecule has 1 aliphatic carbocycles. The number of hydrogen-bond acceptors (Lipinski definition) is 5. The first kappa shape index (κ1) is 22.2. The standard InChI is InChI=1S/C21H28N4O4/c1-15(2)18(24-20(28)23-16-9-5-3-6-10-16)19(27)29-13-17(26)25-21(14-22)11-7-4-8-12-21/h3,5-6,9-10,15,18H,4,7-8,11-13H2,1-2H3,(H,25,26)(H2,23,24,28)/t18-/m0/s1. The molecule has 1 atom stereocenters. The van der Waals surface area contributed by atoms with E-state index in [1.807, 2.05) is 6.07 Å². The summed E-state index contributed by atoms with van der Waals surface area (Å²) in [6.07, 6.45) is 3.99. The fourth-order valence-electron chi connectivity index (χ4n) is 3.28. The average Bonchev–Trinajstić information content (AvgIpc) is 2.71. The van der Waals surface area contributed by atoms with Gasteiger partial charge in [-0.2, -0.15) is 5.26 Å². The van der Waals surface area contributed by atoms with Crippen molar-refractivity contribution in [2.24, 2.45) is 5.92 Å². The van der Waals surface area contributed by atoms with Gasteiger partial charge in [-0.25, -0.2) is 9.59 Å². The van der Waals surface area contributed by atoms with Crippen molar-refractivity contribution in [1.29, 1.82) is 5.26 Å². The monoisotopic (exact) mass is 400 g/mol. The maximum Gasteiger partial charge on any atom is 0.329 e. The Hall–Kier alpha value is -3.08. The van der Waals surface area contributed by atoms with Gasteiger partial charge in [0.05, 0.1) is 6.07 Å². The molecule has 1 aromatic rings. The summed E-state index contributed by atoms with van der Waals surface area (Å²) in [6, 6.07) is 9.57. The third kappa shape index (κ3) is 6.79. The molecule has 1 fully saturated rings. The fourth-order valence-corrected chi connectivity index (χ4v) is 3.28. The molecule has 1 aliphatic rings. The number of rotatable bonds is 7. The van der Waals surface area contributed by atoms with Crippen LogP contribution >= 0.6 is 0 Å². The molecule has 1 aromatic carbocycles. The summed E-state index contributed by atoms with van der Waals surface area (Å²) in [6.45, 7) is 3.04. The van der Waals surface area contributed by atoms with E-state index in [0.29, 0.717) is 18.5 Å². The predicted octanol–water partition coefficient (Wildman–Crippen LogP) is 2.72. The summed E-state index contributed by atoms with van der Waals surface area (Å²) in [5, 5.41) is 17.3. The Morgan fingerprint density at radius 3 is 2.38 bits per heavy atom. The van der Waals surface area contributed by atoms with Crippen molar-refractivity contribution in [3.8, 4) is 6.07 Å². The lowest BCUT2D eigenvalue weighted by Gasteiger charge is -2.31. The van der Waals surface area contributed by atoms with Gasteiger partial charge < -0.3 is 20.7 Å². The number of urea groups is 1. The average molecular weight is 400 g/mol. The van der Waals surface area contributed by atoms with Gasteiger partial charge in [-0.15, -0.1) is 0 Å². The number of esters is 1. The summed E-state index contributed by atoms with van der Waals surface area (Å²) in [7, 11) is 0. The van der Waals surface area contributed by atoms with E-state index in [9.17, 15) is 19.6 Å². The van der Waals surface area contributed by atoms with Crippen LogP contribution in [0.25, 0.3) is 0 Å². The lowest BCUT2D eigenvalue weighted by Crippen LogP contribution is -2.51. The molecule has 0 heterocycles. The zero-order chi connectivity index (χ0) is 21.3. The minimum absolute atomic E-state index is 0.240. The van der Waals surface area contributed by atoms with Gasteiger partial charge in [0.15, 0.2) is 6.61 Å². The zero-order valence-electron chi connectivity index (χ0n) is 16.9.